The first-order valence-electron chi connectivity index (χ1n) is 14.1. The van der Waals surface area contributed by atoms with Gasteiger partial charge in [-0.15, -0.1) is 0 Å². The second kappa shape index (κ2) is 14.5. The summed E-state index contributed by atoms with van der Waals surface area (Å²) in [5.74, 6) is 1.08. The highest BCUT2D eigenvalue weighted by Crippen LogP contribution is 2.36. The van der Waals surface area contributed by atoms with Gasteiger partial charge < -0.3 is 18.7 Å². The van der Waals surface area contributed by atoms with Crippen molar-refractivity contribution in [3.8, 4) is 16.9 Å². The molecule has 3 aromatic carbocycles. The molecule has 0 atom stereocenters. The third kappa shape index (κ3) is 7.79. The van der Waals surface area contributed by atoms with Crippen LogP contribution in [0.15, 0.2) is 82.2 Å². The van der Waals surface area contributed by atoms with Gasteiger partial charge in [-0.05, 0) is 55.0 Å². The van der Waals surface area contributed by atoms with Gasteiger partial charge in [0.25, 0.3) is 10.0 Å². The van der Waals surface area contributed by atoms with Gasteiger partial charge in [-0.1, -0.05) is 73.6 Å². The molecule has 4 aromatic rings. The molecule has 0 fully saturated rings. The van der Waals surface area contributed by atoms with Gasteiger partial charge in [0.05, 0.1) is 30.4 Å². The molecule has 0 saturated carbocycles. The Morgan fingerprint density at radius 3 is 2.29 bits per heavy atom. The quantitative estimate of drug-likeness (QED) is 0.114. The van der Waals surface area contributed by atoms with Crippen molar-refractivity contribution in [1.82, 2.24) is 5.16 Å². The Balaban J connectivity index is 1.74. The lowest BCUT2D eigenvalue weighted by atomic mass is 9.99. The first-order valence-corrected chi connectivity index (χ1v) is 15.6. The van der Waals surface area contributed by atoms with E-state index in [4.69, 9.17) is 18.7 Å². The van der Waals surface area contributed by atoms with E-state index in [-0.39, 0.29) is 24.1 Å². The zero-order valence-electron chi connectivity index (χ0n) is 25.0. The van der Waals surface area contributed by atoms with Crippen LogP contribution in [-0.2, 0) is 32.3 Å². The minimum absolute atomic E-state index is 0.0834. The number of anilines is 1. The molecule has 0 amide bonds. The van der Waals surface area contributed by atoms with Gasteiger partial charge in [-0.3, -0.25) is 0 Å². The molecule has 224 valence electrons. The van der Waals surface area contributed by atoms with Crippen LogP contribution < -0.4 is 9.04 Å². The molecule has 1 heterocycles. The van der Waals surface area contributed by atoms with Gasteiger partial charge in [-0.2, -0.15) is 0 Å². The van der Waals surface area contributed by atoms with Crippen LogP contribution in [-0.4, -0.2) is 47.2 Å². The summed E-state index contributed by atoms with van der Waals surface area (Å²) < 4.78 is 52.5. The highest BCUT2D eigenvalue weighted by atomic mass is 32.2. The van der Waals surface area contributed by atoms with E-state index in [1.165, 1.54) is 5.56 Å². The summed E-state index contributed by atoms with van der Waals surface area (Å²) in [7, 11) is -2.64. The normalized spacial score (nSPS) is 11.7. The Hall–Kier alpha value is -3.66. The molecule has 0 bridgehead atoms. The van der Waals surface area contributed by atoms with Gasteiger partial charge in [-0.25, -0.2) is 12.7 Å². The highest BCUT2D eigenvalue weighted by molar-refractivity contribution is 7.93. The molecule has 0 saturated heterocycles. The van der Waals surface area contributed by atoms with Gasteiger partial charge in [0.2, 0.25) is 5.88 Å². The summed E-state index contributed by atoms with van der Waals surface area (Å²) in [6.07, 6.45) is 1.63. The number of benzene rings is 3. The summed E-state index contributed by atoms with van der Waals surface area (Å²) in [5, 5.41) is 4.00. The summed E-state index contributed by atoms with van der Waals surface area (Å²) in [4.78, 5) is 0.0834. The second-order valence-electron chi connectivity index (χ2n) is 10.6. The average Bonchev–Trinajstić information content (AvgIpc) is 3.30. The molecule has 8 nitrogen and oxygen atoms in total. The van der Waals surface area contributed by atoms with E-state index in [0.29, 0.717) is 48.1 Å². The SMILES string of the molecule is COCCOCN(c1onc(C)c1C)S(=O)(=O)c1cc(OCCc2ccccc2)ccc1-c1ccc(CC(C)C)cc1. The number of nitrogens with zero attached hydrogens (tertiary/aromatic N) is 2. The van der Waals surface area contributed by atoms with E-state index < -0.39 is 10.0 Å². The zero-order valence-corrected chi connectivity index (χ0v) is 25.8. The van der Waals surface area contributed by atoms with Crippen LogP contribution in [0.2, 0.25) is 0 Å². The number of hydrogen-bond acceptors (Lipinski definition) is 7. The topological polar surface area (TPSA) is 91.1 Å². The first kappa shape index (κ1) is 31.3. The number of aromatic nitrogens is 1. The fourth-order valence-electron chi connectivity index (χ4n) is 4.55. The van der Waals surface area contributed by atoms with E-state index in [0.717, 1.165) is 21.9 Å². The number of ether oxygens (including phenoxy) is 3. The highest BCUT2D eigenvalue weighted by Gasteiger charge is 2.33. The standard InChI is InChI=1S/C33H40N2O6S/c1-24(2)21-28-11-13-29(14-12-28)31-16-15-30(40-18-17-27-9-7-6-8-10-27)22-32(31)42(36,37)35(23-39-20-19-38-5)33-25(3)26(4)34-41-33/h6-16,22,24H,17-21,23H2,1-5H3. The van der Waals surface area contributed by atoms with Crippen LogP contribution in [0.5, 0.6) is 5.75 Å². The number of methoxy groups -OCH3 is 1. The average molecular weight is 593 g/mol. The smallest absolute Gasteiger partial charge is 0.269 e. The van der Waals surface area contributed by atoms with E-state index in [1.54, 1.807) is 33.1 Å². The summed E-state index contributed by atoms with van der Waals surface area (Å²) >= 11 is 0. The Labute approximate surface area is 249 Å². The summed E-state index contributed by atoms with van der Waals surface area (Å²) in [5.41, 5.74) is 4.88. The molecular formula is C33H40N2O6S. The number of rotatable bonds is 15. The first-order chi connectivity index (χ1) is 20.2. The molecule has 0 N–H and O–H groups in total. The van der Waals surface area contributed by atoms with Crippen molar-refractivity contribution in [2.45, 2.75) is 45.4 Å². The fourth-order valence-corrected chi connectivity index (χ4v) is 6.12. The van der Waals surface area contributed by atoms with Crippen LogP contribution in [0, 0.1) is 19.8 Å². The summed E-state index contributed by atoms with van der Waals surface area (Å²) in [6.45, 7) is 8.55. The molecule has 42 heavy (non-hydrogen) atoms. The minimum atomic E-state index is -4.20. The predicted molar refractivity (Wildman–Crippen MR) is 164 cm³/mol. The number of sulfonamides is 1. The maximum absolute atomic E-state index is 14.5. The van der Waals surface area contributed by atoms with Crippen LogP contribution >= 0.6 is 0 Å². The minimum Gasteiger partial charge on any atom is -0.493 e. The molecule has 0 aliphatic heterocycles. The van der Waals surface area contributed by atoms with Crippen molar-refractivity contribution in [3.63, 3.8) is 0 Å². The van der Waals surface area contributed by atoms with Crippen molar-refractivity contribution in [3.05, 3.63) is 95.2 Å². The van der Waals surface area contributed by atoms with Crippen LogP contribution in [0.1, 0.15) is 36.2 Å². The molecule has 0 radical (unpaired) electrons. The Morgan fingerprint density at radius 2 is 1.64 bits per heavy atom. The maximum atomic E-state index is 14.5. The number of hydrogen-bond donors (Lipinski definition) is 0. The maximum Gasteiger partial charge on any atom is 0.269 e. The van der Waals surface area contributed by atoms with E-state index in [2.05, 4.69) is 19.0 Å². The van der Waals surface area contributed by atoms with E-state index in [1.807, 2.05) is 60.7 Å². The van der Waals surface area contributed by atoms with Crippen molar-refractivity contribution in [2.75, 3.05) is 38.0 Å². The van der Waals surface area contributed by atoms with Crippen molar-refractivity contribution in [1.29, 1.82) is 0 Å². The Morgan fingerprint density at radius 1 is 0.905 bits per heavy atom. The molecule has 0 aliphatic rings. The van der Waals surface area contributed by atoms with Crippen molar-refractivity contribution < 1.29 is 27.2 Å². The van der Waals surface area contributed by atoms with Crippen molar-refractivity contribution in [2.24, 2.45) is 5.92 Å². The molecule has 0 aliphatic carbocycles. The lowest BCUT2D eigenvalue weighted by Crippen LogP contribution is -2.34. The van der Waals surface area contributed by atoms with Crippen LogP contribution in [0.25, 0.3) is 11.1 Å². The Kier molecular flexibility index (Phi) is 10.8. The molecule has 0 unspecified atom stereocenters. The third-order valence-corrected chi connectivity index (χ3v) is 8.68. The molecule has 1 aromatic heterocycles. The predicted octanol–water partition coefficient (Wildman–Crippen LogP) is 6.59. The third-order valence-electron chi connectivity index (χ3n) is 6.93. The van der Waals surface area contributed by atoms with Crippen LogP contribution in [0.4, 0.5) is 5.88 Å². The fraction of sp³-hybridized carbons (Fsp3) is 0.364. The van der Waals surface area contributed by atoms with Crippen molar-refractivity contribution >= 4 is 15.9 Å². The van der Waals surface area contributed by atoms with Gasteiger partial charge in [0, 0.05) is 30.7 Å². The molecule has 0 spiro atoms. The number of aryl methyl sites for hydroxylation is 1. The molecular weight excluding hydrogens is 552 g/mol. The van der Waals surface area contributed by atoms with Gasteiger partial charge in [0.15, 0.2) is 0 Å². The van der Waals surface area contributed by atoms with E-state index >= 15 is 0 Å². The monoisotopic (exact) mass is 592 g/mol. The van der Waals surface area contributed by atoms with Gasteiger partial charge in [0.1, 0.15) is 12.5 Å². The zero-order chi connectivity index (χ0) is 30.1. The lowest BCUT2D eigenvalue weighted by Gasteiger charge is -2.24. The van der Waals surface area contributed by atoms with E-state index in [9.17, 15) is 8.42 Å². The Bertz CT molecular complexity index is 1530. The lowest BCUT2D eigenvalue weighted by molar-refractivity contribution is 0.0744. The second-order valence-corrected chi connectivity index (χ2v) is 12.4. The van der Waals surface area contributed by atoms with Gasteiger partial charge >= 0.3 is 0 Å². The van der Waals surface area contributed by atoms with Crippen LogP contribution in [0.3, 0.4) is 0 Å². The largest absolute Gasteiger partial charge is 0.493 e. The summed E-state index contributed by atoms with van der Waals surface area (Å²) in [6, 6.07) is 23.2. The molecule has 4 rings (SSSR count). The molecule has 9 heteroatoms.